The second kappa shape index (κ2) is 13.4. The molecule has 0 saturated heterocycles. The Morgan fingerprint density at radius 2 is 1.83 bits per heavy atom. The van der Waals surface area contributed by atoms with Crippen LogP contribution in [0.2, 0.25) is 0 Å². The highest BCUT2D eigenvalue weighted by Gasteiger charge is 2.26. The first-order valence-corrected chi connectivity index (χ1v) is 9.19. The van der Waals surface area contributed by atoms with Crippen molar-refractivity contribution in [3.63, 3.8) is 0 Å². The Bertz CT molecular complexity index is 357. The van der Waals surface area contributed by atoms with Gasteiger partial charge in [-0.2, -0.15) is 0 Å². The van der Waals surface area contributed by atoms with E-state index in [9.17, 15) is 4.79 Å². The minimum atomic E-state index is -0.720. The minimum Gasteiger partial charge on any atom is -0.481 e. The van der Waals surface area contributed by atoms with E-state index in [-0.39, 0.29) is 24.7 Å². The van der Waals surface area contributed by atoms with Crippen molar-refractivity contribution in [3.05, 3.63) is 12.2 Å². The van der Waals surface area contributed by atoms with Crippen LogP contribution in [0.25, 0.3) is 0 Å². The van der Waals surface area contributed by atoms with Crippen molar-refractivity contribution in [3.8, 4) is 0 Å². The van der Waals surface area contributed by atoms with Crippen LogP contribution < -0.4 is 0 Å². The van der Waals surface area contributed by atoms with Crippen molar-refractivity contribution in [1.29, 1.82) is 0 Å². The van der Waals surface area contributed by atoms with Gasteiger partial charge in [-0.1, -0.05) is 64.0 Å². The van der Waals surface area contributed by atoms with Crippen molar-refractivity contribution >= 4 is 5.97 Å². The lowest BCUT2D eigenvalue weighted by atomic mass is 10.0. The number of rotatable bonds is 14. The number of carbonyl (C=O) groups is 1. The van der Waals surface area contributed by atoms with E-state index in [1.165, 1.54) is 0 Å². The maximum absolute atomic E-state index is 10.4. The largest absolute Gasteiger partial charge is 0.481 e. The average Bonchev–Trinajstić information content (AvgIpc) is 2.58. The number of hydrogen-bond acceptors (Lipinski definition) is 5. The number of hydrogen-bond donors (Lipinski definition) is 2. The van der Waals surface area contributed by atoms with Crippen molar-refractivity contribution in [2.75, 3.05) is 0 Å². The molecule has 140 valence electrons. The molecule has 0 aromatic rings. The monoisotopic (exact) mass is 344 g/mol. The zero-order valence-corrected chi connectivity index (χ0v) is 14.7. The van der Waals surface area contributed by atoms with E-state index in [0.717, 1.165) is 64.2 Å². The number of unbranched alkanes of at least 4 members (excludes halogenated alkanes) is 6. The van der Waals surface area contributed by atoms with Crippen LogP contribution in [0.3, 0.4) is 0 Å². The molecule has 0 fully saturated rings. The summed E-state index contributed by atoms with van der Waals surface area (Å²) in [6.07, 6.45) is 13.0. The lowest BCUT2D eigenvalue weighted by Gasteiger charge is -2.27. The van der Waals surface area contributed by atoms with Crippen LogP contribution >= 0.6 is 0 Å². The van der Waals surface area contributed by atoms with Crippen LogP contribution in [0.5, 0.6) is 0 Å². The van der Waals surface area contributed by atoms with Gasteiger partial charge in [-0.25, -0.2) is 14.7 Å². The van der Waals surface area contributed by atoms with Gasteiger partial charge < -0.3 is 5.11 Å². The smallest absolute Gasteiger partial charge is 0.303 e. The van der Waals surface area contributed by atoms with Crippen LogP contribution in [0.15, 0.2) is 12.2 Å². The van der Waals surface area contributed by atoms with Crippen molar-refractivity contribution < 1.29 is 29.8 Å². The Hall–Kier alpha value is -0.950. The highest BCUT2D eigenvalue weighted by Crippen LogP contribution is 2.21. The van der Waals surface area contributed by atoms with E-state index >= 15 is 0 Å². The van der Waals surface area contributed by atoms with Gasteiger partial charge >= 0.3 is 5.97 Å². The zero-order chi connectivity index (χ0) is 17.6. The Kier molecular flexibility index (Phi) is 11.7. The number of carboxylic acids is 1. The van der Waals surface area contributed by atoms with Gasteiger partial charge in [-0.15, -0.1) is 0 Å². The van der Waals surface area contributed by atoms with Gasteiger partial charge in [0.1, 0.15) is 18.3 Å². The summed E-state index contributed by atoms with van der Waals surface area (Å²) < 4.78 is 0. The van der Waals surface area contributed by atoms with Crippen LogP contribution in [0.4, 0.5) is 0 Å². The Balaban J connectivity index is 2.12. The highest BCUT2D eigenvalue weighted by atomic mass is 17.2. The zero-order valence-electron chi connectivity index (χ0n) is 14.7. The van der Waals surface area contributed by atoms with E-state index in [1.807, 2.05) is 12.2 Å². The van der Waals surface area contributed by atoms with E-state index in [0.29, 0.717) is 0 Å². The third kappa shape index (κ3) is 9.37. The fraction of sp³-hybridized carbons (Fsp3) is 0.833. The van der Waals surface area contributed by atoms with Crippen LogP contribution in [-0.4, -0.2) is 34.6 Å². The molecule has 0 saturated carbocycles. The second-order valence-electron chi connectivity index (χ2n) is 6.42. The van der Waals surface area contributed by atoms with E-state index < -0.39 is 5.97 Å². The Labute approximate surface area is 144 Å². The summed E-state index contributed by atoms with van der Waals surface area (Å²) in [7, 11) is 0. The van der Waals surface area contributed by atoms with E-state index in [2.05, 4.69) is 11.8 Å². The number of aliphatic carboxylic acids is 1. The summed E-state index contributed by atoms with van der Waals surface area (Å²) in [4.78, 5) is 25.7. The highest BCUT2D eigenvalue weighted by molar-refractivity contribution is 5.66. The van der Waals surface area contributed by atoms with Gasteiger partial charge in [-0.3, -0.25) is 10.1 Å². The SMILES string of the molecule is CCCCCC(OO)C1C=CC(CCCCCCCC(=O)O)OO1. The average molecular weight is 344 g/mol. The molecule has 1 heterocycles. The standard InChI is InChI=1S/C18H32O6/c1-2-3-7-11-16(22-21)17-14-13-15(23-24-17)10-8-5-4-6-9-12-18(19)20/h13-17,21H,2-12H2,1H3,(H,19,20). The van der Waals surface area contributed by atoms with Crippen molar-refractivity contribution in [2.24, 2.45) is 0 Å². The molecule has 24 heavy (non-hydrogen) atoms. The molecule has 0 spiro atoms. The lowest BCUT2D eigenvalue weighted by molar-refractivity contribution is -0.383. The first kappa shape index (κ1) is 21.1. The molecule has 1 rings (SSSR count). The van der Waals surface area contributed by atoms with Gasteiger partial charge in [0.05, 0.1) is 0 Å². The molecule has 0 radical (unpaired) electrons. The predicted molar refractivity (Wildman–Crippen MR) is 90.5 cm³/mol. The molecule has 2 N–H and O–H groups in total. The van der Waals surface area contributed by atoms with E-state index in [4.69, 9.17) is 20.1 Å². The molecule has 0 aromatic carbocycles. The Morgan fingerprint density at radius 1 is 1.08 bits per heavy atom. The van der Waals surface area contributed by atoms with Crippen molar-refractivity contribution in [1.82, 2.24) is 0 Å². The normalized spacial score (nSPS) is 21.8. The molecule has 3 atom stereocenters. The molecule has 1 aliphatic rings. The molecular formula is C18H32O6. The van der Waals surface area contributed by atoms with Crippen LogP contribution in [0.1, 0.15) is 77.6 Å². The molecule has 0 bridgehead atoms. The van der Waals surface area contributed by atoms with Gasteiger partial charge in [0, 0.05) is 6.42 Å². The van der Waals surface area contributed by atoms with Crippen LogP contribution in [-0.2, 0) is 19.5 Å². The maximum atomic E-state index is 10.4. The second-order valence-corrected chi connectivity index (χ2v) is 6.42. The quantitative estimate of drug-likeness (QED) is 0.209. The molecule has 6 heteroatoms. The molecular weight excluding hydrogens is 312 g/mol. The summed E-state index contributed by atoms with van der Waals surface area (Å²) in [6.45, 7) is 2.13. The van der Waals surface area contributed by atoms with Gasteiger partial charge in [0.2, 0.25) is 0 Å². The molecule has 6 nitrogen and oxygen atoms in total. The molecule has 1 aliphatic heterocycles. The van der Waals surface area contributed by atoms with Gasteiger partial charge in [0.25, 0.3) is 0 Å². The first-order valence-electron chi connectivity index (χ1n) is 9.19. The van der Waals surface area contributed by atoms with Crippen molar-refractivity contribution in [2.45, 2.75) is 95.9 Å². The van der Waals surface area contributed by atoms with E-state index in [1.54, 1.807) is 0 Å². The van der Waals surface area contributed by atoms with Gasteiger partial charge in [0.15, 0.2) is 0 Å². The summed E-state index contributed by atoms with van der Waals surface area (Å²) in [5.41, 5.74) is 0. The fourth-order valence-corrected chi connectivity index (χ4v) is 2.79. The van der Waals surface area contributed by atoms with Gasteiger partial charge in [-0.05, 0) is 19.3 Å². The third-order valence-electron chi connectivity index (χ3n) is 4.28. The van der Waals surface area contributed by atoms with Crippen LogP contribution in [0, 0.1) is 0 Å². The topological polar surface area (TPSA) is 85.2 Å². The molecule has 0 aliphatic carbocycles. The summed E-state index contributed by atoms with van der Waals surface area (Å²) >= 11 is 0. The minimum absolute atomic E-state index is 0.0599. The lowest BCUT2D eigenvalue weighted by Crippen LogP contribution is -2.34. The molecule has 0 amide bonds. The molecule has 0 aromatic heterocycles. The Morgan fingerprint density at radius 3 is 2.46 bits per heavy atom. The predicted octanol–water partition coefficient (Wildman–Crippen LogP) is 4.50. The summed E-state index contributed by atoms with van der Waals surface area (Å²) in [5.74, 6) is -0.720. The first-order chi connectivity index (χ1) is 11.7. The summed E-state index contributed by atoms with van der Waals surface area (Å²) in [5, 5.41) is 17.6. The summed E-state index contributed by atoms with van der Waals surface area (Å²) in [6, 6.07) is 0. The molecule has 3 unspecified atom stereocenters. The number of carboxylic acid groups (broad SMARTS) is 1. The fourth-order valence-electron chi connectivity index (χ4n) is 2.79. The third-order valence-corrected chi connectivity index (χ3v) is 4.28. The maximum Gasteiger partial charge on any atom is 0.303 e.